The van der Waals surface area contributed by atoms with E-state index in [9.17, 15) is 8.42 Å². The van der Waals surface area contributed by atoms with Crippen molar-refractivity contribution in [2.24, 2.45) is 0 Å². The Bertz CT molecular complexity index is 378. The Morgan fingerprint density at radius 3 is 2.38 bits per heavy atom. The van der Waals surface area contributed by atoms with Gasteiger partial charge in [-0.25, -0.2) is 0 Å². The van der Waals surface area contributed by atoms with Gasteiger partial charge in [0.1, 0.15) is 5.75 Å². The van der Waals surface area contributed by atoms with Gasteiger partial charge in [-0.2, -0.15) is 8.42 Å². The number of aryl methyl sites for hydroxylation is 1. The van der Waals surface area contributed by atoms with E-state index in [0.29, 0.717) is 5.56 Å². The second-order valence-electron chi connectivity index (χ2n) is 2.65. The molecular weight excluding hydrogens is 199 g/mol. The van der Waals surface area contributed by atoms with Gasteiger partial charge < -0.3 is 1.43 Å². The second kappa shape index (κ2) is 5.12. The van der Waals surface area contributed by atoms with Gasteiger partial charge in [0.15, 0.2) is 0 Å². The summed E-state index contributed by atoms with van der Waals surface area (Å²) < 4.78 is 29.6. The minimum Gasteiger partial charge on any atom is -1.00 e. The average molecular weight is 210 g/mol. The zero-order chi connectivity index (χ0) is 9.19. The number of rotatable bonds is 2. The standard InChI is InChI=1S/C8H10O3S.Na.H/c1-7-4-2-3-5-8(7)6-12(9,10)11;;/h2-5H,6H2,1H3,(H,9,10,11);;/q;+1;-1. The molecule has 5 heteroatoms. The van der Waals surface area contributed by atoms with Gasteiger partial charge in [0.2, 0.25) is 0 Å². The first kappa shape index (κ1) is 13.1. The van der Waals surface area contributed by atoms with Crippen LogP contribution in [0.15, 0.2) is 24.3 Å². The van der Waals surface area contributed by atoms with Crippen LogP contribution in [0.1, 0.15) is 12.6 Å². The molecule has 1 N–H and O–H groups in total. The van der Waals surface area contributed by atoms with E-state index in [4.69, 9.17) is 4.55 Å². The van der Waals surface area contributed by atoms with E-state index in [1.165, 1.54) is 0 Å². The Balaban J connectivity index is 0. The van der Waals surface area contributed by atoms with Gasteiger partial charge in [-0.05, 0) is 18.1 Å². The van der Waals surface area contributed by atoms with Crippen LogP contribution < -0.4 is 29.6 Å². The molecule has 0 saturated heterocycles. The number of hydrogen-bond donors (Lipinski definition) is 1. The molecule has 3 nitrogen and oxygen atoms in total. The maximum Gasteiger partial charge on any atom is 1.00 e. The summed E-state index contributed by atoms with van der Waals surface area (Å²) in [5.74, 6) is -0.306. The van der Waals surface area contributed by atoms with Crippen molar-refractivity contribution in [2.45, 2.75) is 12.7 Å². The molecule has 68 valence electrons. The first-order chi connectivity index (χ1) is 5.49. The van der Waals surface area contributed by atoms with Crippen LogP contribution in [-0.4, -0.2) is 13.0 Å². The van der Waals surface area contributed by atoms with E-state index in [1.807, 2.05) is 6.07 Å². The monoisotopic (exact) mass is 210 g/mol. The van der Waals surface area contributed by atoms with E-state index >= 15 is 0 Å². The number of hydrogen-bond acceptors (Lipinski definition) is 2. The maximum absolute atomic E-state index is 10.5. The molecule has 0 atom stereocenters. The van der Waals surface area contributed by atoms with Crippen LogP contribution in [0, 0.1) is 6.92 Å². The van der Waals surface area contributed by atoms with Crippen LogP contribution >= 0.6 is 0 Å². The first-order valence-corrected chi connectivity index (χ1v) is 5.09. The summed E-state index contributed by atoms with van der Waals surface area (Å²) in [6.45, 7) is 1.81. The summed E-state index contributed by atoms with van der Waals surface area (Å²) >= 11 is 0. The fourth-order valence-corrected chi connectivity index (χ4v) is 1.69. The van der Waals surface area contributed by atoms with E-state index in [0.717, 1.165) is 5.56 Å². The third-order valence-electron chi connectivity index (χ3n) is 1.60. The molecule has 0 fully saturated rings. The van der Waals surface area contributed by atoms with Crippen LogP contribution in [-0.2, 0) is 15.9 Å². The Labute approximate surface area is 102 Å². The van der Waals surface area contributed by atoms with Gasteiger partial charge >= 0.3 is 29.6 Å². The van der Waals surface area contributed by atoms with Gasteiger partial charge in [0, 0.05) is 0 Å². The third kappa shape index (κ3) is 4.78. The van der Waals surface area contributed by atoms with E-state index in [2.05, 4.69) is 0 Å². The number of benzene rings is 1. The second-order valence-corrected chi connectivity index (χ2v) is 4.11. The minimum atomic E-state index is -3.90. The van der Waals surface area contributed by atoms with Crippen LogP contribution in [0.3, 0.4) is 0 Å². The minimum absolute atomic E-state index is 0. The molecule has 0 heterocycles. The van der Waals surface area contributed by atoms with Crippen molar-refractivity contribution in [3.05, 3.63) is 35.4 Å². The van der Waals surface area contributed by atoms with Crippen molar-refractivity contribution in [3.63, 3.8) is 0 Å². The quantitative estimate of drug-likeness (QED) is 0.477. The Kier molecular flexibility index (Phi) is 5.17. The summed E-state index contributed by atoms with van der Waals surface area (Å²) in [5.41, 5.74) is 1.51. The molecule has 1 aromatic rings. The van der Waals surface area contributed by atoms with Crippen molar-refractivity contribution in [3.8, 4) is 0 Å². The molecule has 0 amide bonds. The molecule has 0 bridgehead atoms. The van der Waals surface area contributed by atoms with Crippen LogP contribution in [0.5, 0.6) is 0 Å². The van der Waals surface area contributed by atoms with Crippen LogP contribution in [0.25, 0.3) is 0 Å². The van der Waals surface area contributed by atoms with E-state index in [-0.39, 0.29) is 36.7 Å². The van der Waals surface area contributed by atoms with Crippen molar-refractivity contribution in [1.82, 2.24) is 0 Å². The van der Waals surface area contributed by atoms with Gasteiger partial charge in [-0.3, -0.25) is 4.55 Å². The maximum atomic E-state index is 10.5. The molecule has 0 aromatic heterocycles. The summed E-state index contributed by atoms with van der Waals surface area (Å²) in [6.07, 6.45) is 0. The molecule has 0 saturated carbocycles. The zero-order valence-corrected chi connectivity index (χ0v) is 10.5. The summed E-state index contributed by atoms with van der Waals surface area (Å²) in [4.78, 5) is 0. The van der Waals surface area contributed by atoms with Gasteiger partial charge in [0.25, 0.3) is 10.1 Å². The van der Waals surface area contributed by atoms with E-state index < -0.39 is 10.1 Å². The summed E-state index contributed by atoms with van der Waals surface area (Å²) in [5, 5.41) is 0. The first-order valence-electron chi connectivity index (χ1n) is 3.49. The Morgan fingerprint density at radius 2 is 1.92 bits per heavy atom. The molecular formula is C8H11NaO3S. The van der Waals surface area contributed by atoms with Gasteiger partial charge in [-0.15, -0.1) is 0 Å². The molecule has 0 spiro atoms. The Hall–Kier alpha value is 0.130. The molecule has 0 unspecified atom stereocenters. The van der Waals surface area contributed by atoms with Crippen molar-refractivity contribution < 1.29 is 44.0 Å². The molecule has 1 aromatic carbocycles. The molecule has 13 heavy (non-hydrogen) atoms. The van der Waals surface area contributed by atoms with Crippen LogP contribution in [0.4, 0.5) is 0 Å². The molecule has 1 rings (SSSR count). The third-order valence-corrected chi connectivity index (χ3v) is 2.27. The fourth-order valence-electron chi connectivity index (χ4n) is 0.969. The molecule has 0 aliphatic heterocycles. The zero-order valence-electron chi connectivity index (χ0n) is 8.69. The van der Waals surface area contributed by atoms with Gasteiger partial charge in [-0.1, -0.05) is 24.3 Å². The molecule has 0 radical (unpaired) electrons. The van der Waals surface area contributed by atoms with Crippen LogP contribution in [0.2, 0.25) is 0 Å². The largest absolute Gasteiger partial charge is 1.00 e. The van der Waals surface area contributed by atoms with Crippen molar-refractivity contribution in [1.29, 1.82) is 0 Å². The summed E-state index contributed by atoms with van der Waals surface area (Å²) in [6, 6.07) is 7.06. The van der Waals surface area contributed by atoms with E-state index in [1.54, 1.807) is 25.1 Å². The Morgan fingerprint density at radius 1 is 1.38 bits per heavy atom. The topological polar surface area (TPSA) is 54.4 Å². The smallest absolute Gasteiger partial charge is 1.00 e. The van der Waals surface area contributed by atoms with Gasteiger partial charge in [0.05, 0.1) is 0 Å². The molecule has 0 aliphatic carbocycles. The van der Waals surface area contributed by atoms with Crippen molar-refractivity contribution >= 4 is 10.1 Å². The fraction of sp³-hybridized carbons (Fsp3) is 0.250. The van der Waals surface area contributed by atoms with Crippen molar-refractivity contribution in [2.75, 3.05) is 0 Å². The summed E-state index contributed by atoms with van der Waals surface area (Å²) in [7, 11) is -3.90. The normalized spacial score (nSPS) is 10.6. The average Bonchev–Trinajstić information content (AvgIpc) is 1.91. The molecule has 0 aliphatic rings. The SMILES string of the molecule is Cc1ccccc1CS(=O)(=O)O.[H-].[Na+]. The predicted octanol–water partition coefficient (Wildman–Crippen LogP) is -1.50. The predicted molar refractivity (Wildman–Crippen MR) is 47.5 cm³/mol.